The summed E-state index contributed by atoms with van der Waals surface area (Å²) in [7, 11) is 1.70. The van der Waals surface area contributed by atoms with E-state index >= 15 is 0 Å². The zero-order valence-electron chi connectivity index (χ0n) is 13.1. The van der Waals surface area contributed by atoms with Gasteiger partial charge < -0.3 is 15.4 Å². The SMILES string of the molecule is CO[C@@H]1CC[C@H](C(=O)N(Cc2ccncc2)C2CC2)C[C@H]1N. The van der Waals surface area contributed by atoms with Gasteiger partial charge in [-0.25, -0.2) is 0 Å². The topological polar surface area (TPSA) is 68.5 Å². The maximum absolute atomic E-state index is 12.9. The predicted molar refractivity (Wildman–Crippen MR) is 83.9 cm³/mol. The van der Waals surface area contributed by atoms with E-state index in [9.17, 15) is 4.79 Å². The Kier molecular flexibility index (Phi) is 4.74. The van der Waals surface area contributed by atoms with E-state index in [4.69, 9.17) is 10.5 Å². The molecule has 0 saturated heterocycles. The van der Waals surface area contributed by atoms with Gasteiger partial charge >= 0.3 is 0 Å². The molecular formula is C17H25N3O2. The van der Waals surface area contributed by atoms with Gasteiger partial charge in [0.15, 0.2) is 0 Å². The number of pyridine rings is 1. The van der Waals surface area contributed by atoms with Crippen molar-refractivity contribution in [2.24, 2.45) is 11.7 Å². The van der Waals surface area contributed by atoms with Gasteiger partial charge in [0.25, 0.3) is 0 Å². The van der Waals surface area contributed by atoms with Crippen molar-refractivity contribution in [3.05, 3.63) is 30.1 Å². The van der Waals surface area contributed by atoms with Crippen molar-refractivity contribution >= 4 is 5.91 Å². The summed E-state index contributed by atoms with van der Waals surface area (Å²) in [6.07, 6.45) is 8.39. The number of nitrogens with two attached hydrogens (primary N) is 1. The molecule has 2 fully saturated rings. The summed E-state index contributed by atoms with van der Waals surface area (Å²) in [6.45, 7) is 0.686. The summed E-state index contributed by atoms with van der Waals surface area (Å²) in [6, 6.07) is 4.35. The Bertz CT molecular complexity index is 504. The van der Waals surface area contributed by atoms with Crippen LogP contribution < -0.4 is 5.73 Å². The number of ether oxygens (including phenoxy) is 1. The first-order chi connectivity index (χ1) is 10.7. The van der Waals surface area contributed by atoms with Gasteiger partial charge in [0, 0.05) is 44.0 Å². The third kappa shape index (κ3) is 3.47. The van der Waals surface area contributed by atoms with Gasteiger partial charge in [-0.3, -0.25) is 9.78 Å². The van der Waals surface area contributed by atoms with Crippen LogP contribution in [0, 0.1) is 5.92 Å². The average Bonchev–Trinajstić information content (AvgIpc) is 3.37. The van der Waals surface area contributed by atoms with E-state index in [1.54, 1.807) is 19.5 Å². The van der Waals surface area contributed by atoms with Gasteiger partial charge in [0.1, 0.15) is 0 Å². The Morgan fingerprint density at radius 3 is 2.64 bits per heavy atom. The number of carbonyl (C=O) groups excluding carboxylic acids is 1. The monoisotopic (exact) mass is 303 g/mol. The van der Waals surface area contributed by atoms with Gasteiger partial charge in [-0.2, -0.15) is 0 Å². The minimum Gasteiger partial charge on any atom is -0.380 e. The van der Waals surface area contributed by atoms with Crippen molar-refractivity contribution in [2.75, 3.05) is 7.11 Å². The number of nitrogens with zero attached hydrogens (tertiary/aromatic N) is 2. The molecule has 0 radical (unpaired) electrons. The van der Waals surface area contributed by atoms with Crippen LogP contribution in [0.5, 0.6) is 0 Å². The molecule has 0 aromatic carbocycles. The van der Waals surface area contributed by atoms with Crippen molar-refractivity contribution < 1.29 is 9.53 Å². The number of amides is 1. The molecule has 2 aliphatic rings. The van der Waals surface area contributed by atoms with E-state index in [-0.39, 0.29) is 24.0 Å². The Balaban J connectivity index is 1.66. The fourth-order valence-electron chi connectivity index (χ4n) is 3.39. The maximum Gasteiger partial charge on any atom is 0.226 e. The third-order valence-electron chi connectivity index (χ3n) is 4.86. The number of rotatable bonds is 5. The predicted octanol–water partition coefficient (Wildman–Crippen LogP) is 1.72. The highest BCUT2D eigenvalue weighted by Gasteiger charge is 2.39. The molecule has 1 aromatic heterocycles. The van der Waals surface area contributed by atoms with E-state index in [0.29, 0.717) is 12.6 Å². The Hall–Kier alpha value is -1.46. The molecule has 0 unspecified atom stereocenters. The van der Waals surface area contributed by atoms with E-state index in [0.717, 1.165) is 37.7 Å². The van der Waals surface area contributed by atoms with E-state index in [1.807, 2.05) is 12.1 Å². The second-order valence-corrected chi connectivity index (χ2v) is 6.50. The van der Waals surface area contributed by atoms with Crippen molar-refractivity contribution in [3.8, 4) is 0 Å². The van der Waals surface area contributed by atoms with Gasteiger partial charge in [0.2, 0.25) is 5.91 Å². The number of carbonyl (C=O) groups is 1. The van der Waals surface area contributed by atoms with Crippen LogP contribution in [0.1, 0.15) is 37.7 Å². The van der Waals surface area contributed by atoms with Crippen LogP contribution in [0.15, 0.2) is 24.5 Å². The van der Waals surface area contributed by atoms with Crippen LogP contribution in [0.25, 0.3) is 0 Å². The van der Waals surface area contributed by atoms with Crippen LogP contribution in [0.4, 0.5) is 0 Å². The standard InChI is InChI=1S/C17H25N3O2/c1-22-16-5-2-13(10-15(16)18)17(21)20(14-3-4-14)11-12-6-8-19-9-7-12/h6-9,13-16H,2-5,10-11,18H2,1H3/t13-,15+,16+/m0/s1. The van der Waals surface area contributed by atoms with Crippen LogP contribution in [-0.4, -0.2) is 41.1 Å². The zero-order valence-corrected chi connectivity index (χ0v) is 13.1. The lowest BCUT2D eigenvalue weighted by Gasteiger charge is -2.35. The molecule has 3 atom stereocenters. The van der Waals surface area contributed by atoms with E-state index < -0.39 is 0 Å². The molecule has 1 heterocycles. The second-order valence-electron chi connectivity index (χ2n) is 6.50. The molecule has 2 aliphatic carbocycles. The second kappa shape index (κ2) is 6.75. The van der Waals surface area contributed by atoms with Crippen molar-refractivity contribution in [2.45, 2.75) is 56.8 Å². The summed E-state index contributed by atoms with van der Waals surface area (Å²) < 4.78 is 5.39. The number of hydrogen-bond donors (Lipinski definition) is 1. The first-order valence-electron chi connectivity index (χ1n) is 8.16. The lowest BCUT2D eigenvalue weighted by Crippen LogP contribution is -2.47. The number of aromatic nitrogens is 1. The normalized spacial score (nSPS) is 28.4. The summed E-state index contributed by atoms with van der Waals surface area (Å²) in [5, 5.41) is 0. The first kappa shape index (κ1) is 15.4. The summed E-state index contributed by atoms with van der Waals surface area (Å²) >= 11 is 0. The molecule has 2 N–H and O–H groups in total. The largest absolute Gasteiger partial charge is 0.380 e. The molecule has 0 bridgehead atoms. The highest BCUT2D eigenvalue weighted by atomic mass is 16.5. The van der Waals surface area contributed by atoms with Crippen LogP contribution >= 0.6 is 0 Å². The molecule has 1 amide bonds. The molecule has 0 aliphatic heterocycles. The fraction of sp³-hybridized carbons (Fsp3) is 0.647. The smallest absolute Gasteiger partial charge is 0.226 e. The molecule has 22 heavy (non-hydrogen) atoms. The number of hydrogen-bond acceptors (Lipinski definition) is 4. The van der Waals surface area contributed by atoms with E-state index in [1.165, 1.54) is 0 Å². The lowest BCUT2D eigenvalue weighted by atomic mass is 9.83. The zero-order chi connectivity index (χ0) is 15.5. The molecule has 5 nitrogen and oxygen atoms in total. The van der Waals surface area contributed by atoms with E-state index in [2.05, 4.69) is 9.88 Å². The highest BCUT2D eigenvalue weighted by molar-refractivity contribution is 5.79. The molecule has 3 rings (SSSR count). The van der Waals surface area contributed by atoms with Crippen LogP contribution in [-0.2, 0) is 16.1 Å². The minimum absolute atomic E-state index is 0.0327. The Labute approximate surface area is 131 Å². The summed E-state index contributed by atoms with van der Waals surface area (Å²) in [5.74, 6) is 0.313. The Morgan fingerprint density at radius 1 is 1.32 bits per heavy atom. The fourth-order valence-corrected chi connectivity index (χ4v) is 3.39. The van der Waals surface area contributed by atoms with Crippen molar-refractivity contribution in [1.29, 1.82) is 0 Å². The summed E-state index contributed by atoms with van der Waals surface area (Å²) in [4.78, 5) is 19.0. The lowest BCUT2D eigenvalue weighted by molar-refractivity contribution is -0.139. The van der Waals surface area contributed by atoms with Gasteiger partial charge in [0.05, 0.1) is 6.10 Å². The highest BCUT2D eigenvalue weighted by Crippen LogP contribution is 2.33. The minimum atomic E-state index is -0.0327. The van der Waals surface area contributed by atoms with Gasteiger partial charge in [-0.1, -0.05) is 0 Å². The van der Waals surface area contributed by atoms with Crippen molar-refractivity contribution in [3.63, 3.8) is 0 Å². The Morgan fingerprint density at radius 2 is 2.05 bits per heavy atom. The van der Waals surface area contributed by atoms with Gasteiger partial charge in [-0.05, 0) is 49.8 Å². The quantitative estimate of drug-likeness (QED) is 0.899. The third-order valence-corrected chi connectivity index (χ3v) is 4.86. The molecule has 2 saturated carbocycles. The summed E-state index contributed by atoms with van der Waals surface area (Å²) in [5.41, 5.74) is 7.30. The number of methoxy groups -OCH3 is 1. The van der Waals surface area contributed by atoms with Crippen LogP contribution in [0.3, 0.4) is 0 Å². The van der Waals surface area contributed by atoms with Gasteiger partial charge in [-0.15, -0.1) is 0 Å². The molecule has 5 heteroatoms. The molecular weight excluding hydrogens is 278 g/mol. The molecule has 0 spiro atoms. The average molecular weight is 303 g/mol. The molecule has 120 valence electrons. The van der Waals surface area contributed by atoms with Crippen molar-refractivity contribution in [1.82, 2.24) is 9.88 Å². The first-order valence-corrected chi connectivity index (χ1v) is 8.16. The maximum atomic E-state index is 12.9. The molecule has 1 aromatic rings. The van der Waals surface area contributed by atoms with Crippen LogP contribution in [0.2, 0.25) is 0 Å².